The standard InChI is InChI=1S/C22H19BrN2O4/c1-28-14-21(26)24-16-9-11-17(12-10-16)25-22(27)19-7-2-3-8-20(19)29-18-6-4-5-15(23)13-18/h2-13H,14H2,1H3,(H,24,26)(H,25,27). The topological polar surface area (TPSA) is 76.7 Å². The molecule has 0 spiro atoms. The quantitative estimate of drug-likeness (QED) is 0.521. The number of carbonyl (C=O) groups excluding carboxylic acids is 2. The Bertz CT molecular complexity index is 1010. The van der Waals surface area contributed by atoms with Crippen molar-refractivity contribution in [3.8, 4) is 11.5 Å². The Hall–Kier alpha value is -3.16. The lowest BCUT2D eigenvalue weighted by molar-refractivity contribution is -0.119. The van der Waals surface area contributed by atoms with Crippen molar-refractivity contribution in [2.75, 3.05) is 24.4 Å². The fourth-order valence-corrected chi connectivity index (χ4v) is 2.94. The molecule has 3 aromatic rings. The molecule has 3 aromatic carbocycles. The molecule has 6 nitrogen and oxygen atoms in total. The van der Waals surface area contributed by atoms with Crippen LogP contribution in [0.5, 0.6) is 11.5 Å². The average molecular weight is 455 g/mol. The number of para-hydroxylation sites is 1. The van der Waals surface area contributed by atoms with Crippen LogP contribution in [-0.4, -0.2) is 25.5 Å². The number of hydrogen-bond acceptors (Lipinski definition) is 4. The summed E-state index contributed by atoms with van der Waals surface area (Å²) in [7, 11) is 1.45. The predicted octanol–water partition coefficient (Wildman–Crippen LogP) is 5.08. The van der Waals surface area contributed by atoms with Crippen LogP contribution in [0.3, 0.4) is 0 Å². The van der Waals surface area contributed by atoms with E-state index in [-0.39, 0.29) is 18.4 Å². The molecule has 148 valence electrons. The molecule has 0 aliphatic heterocycles. The minimum absolute atomic E-state index is 0.0206. The average Bonchev–Trinajstić information content (AvgIpc) is 2.70. The second kappa shape index (κ2) is 9.86. The first-order valence-corrected chi connectivity index (χ1v) is 9.57. The lowest BCUT2D eigenvalue weighted by atomic mass is 10.1. The maximum Gasteiger partial charge on any atom is 0.259 e. The highest BCUT2D eigenvalue weighted by molar-refractivity contribution is 9.10. The highest BCUT2D eigenvalue weighted by Crippen LogP contribution is 2.28. The Morgan fingerprint density at radius 3 is 2.28 bits per heavy atom. The third-order valence-corrected chi connectivity index (χ3v) is 4.35. The van der Waals surface area contributed by atoms with Crippen LogP contribution >= 0.6 is 15.9 Å². The van der Waals surface area contributed by atoms with Crippen LogP contribution in [0.25, 0.3) is 0 Å². The van der Waals surface area contributed by atoms with E-state index in [4.69, 9.17) is 9.47 Å². The minimum atomic E-state index is -0.299. The number of hydrogen-bond donors (Lipinski definition) is 2. The molecule has 3 rings (SSSR count). The third-order valence-electron chi connectivity index (χ3n) is 3.86. The van der Waals surface area contributed by atoms with E-state index in [2.05, 4.69) is 26.6 Å². The minimum Gasteiger partial charge on any atom is -0.456 e. The number of amides is 2. The van der Waals surface area contributed by atoms with E-state index >= 15 is 0 Å². The van der Waals surface area contributed by atoms with Crippen molar-refractivity contribution in [1.82, 2.24) is 0 Å². The Labute approximate surface area is 177 Å². The van der Waals surface area contributed by atoms with Gasteiger partial charge in [0.15, 0.2) is 0 Å². The van der Waals surface area contributed by atoms with Crippen LogP contribution in [0.2, 0.25) is 0 Å². The molecule has 2 N–H and O–H groups in total. The molecule has 0 aromatic heterocycles. The van der Waals surface area contributed by atoms with Gasteiger partial charge in [-0.3, -0.25) is 9.59 Å². The summed E-state index contributed by atoms with van der Waals surface area (Å²) < 4.78 is 11.5. The molecule has 0 radical (unpaired) electrons. The summed E-state index contributed by atoms with van der Waals surface area (Å²) in [5.41, 5.74) is 1.62. The van der Waals surface area contributed by atoms with Crippen LogP contribution in [-0.2, 0) is 9.53 Å². The second-order valence-electron chi connectivity index (χ2n) is 6.07. The number of nitrogens with one attached hydrogen (secondary N) is 2. The van der Waals surface area contributed by atoms with Gasteiger partial charge < -0.3 is 20.1 Å². The van der Waals surface area contributed by atoms with Gasteiger partial charge in [-0.05, 0) is 54.6 Å². The maximum atomic E-state index is 12.8. The SMILES string of the molecule is COCC(=O)Nc1ccc(NC(=O)c2ccccc2Oc2cccc(Br)c2)cc1. The largest absolute Gasteiger partial charge is 0.456 e. The van der Waals surface area contributed by atoms with E-state index in [0.29, 0.717) is 28.4 Å². The van der Waals surface area contributed by atoms with Crippen molar-refractivity contribution in [3.63, 3.8) is 0 Å². The van der Waals surface area contributed by atoms with Gasteiger partial charge in [0.2, 0.25) is 5.91 Å². The molecule has 0 atom stereocenters. The van der Waals surface area contributed by atoms with Gasteiger partial charge in [-0.25, -0.2) is 0 Å². The van der Waals surface area contributed by atoms with Gasteiger partial charge in [-0.2, -0.15) is 0 Å². The normalized spacial score (nSPS) is 10.3. The molecule has 0 saturated heterocycles. The number of benzene rings is 3. The molecule has 29 heavy (non-hydrogen) atoms. The fraction of sp³-hybridized carbons (Fsp3) is 0.0909. The van der Waals surface area contributed by atoms with E-state index in [1.807, 2.05) is 30.3 Å². The summed E-state index contributed by atoms with van der Waals surface area (Å²) in [5, 5.41) is 5.53. The van der Waals surface area contributed by atoms with Gasteiger partial charge in [-0.15, -0.1) is 0 Å². The van der Waals surface area contributed by atoms with Crippen molar-refractivity contribution >= 4 is 39.1 Å². The van der Waals surface area contributed by atoms with Crippen LogP contribution < -0.4 is 15.4 Å². The zero-order chi connectivity index (χ0) is 20.6. The van der Waals surface area contributed by atoms with Gasteiger partial charge in [0, 0.05) is 23.0 Å². The molecule has 0 heterocycles. The first kappa shape index (κ1) is 20.6. The summed E-state index contributed by atoms with van der Waals surface area (Å²) in [4.78, 5) is 24.3. The van der Waals surface area contributed by atoms with Crippen LogP contribution in [0.1, 0.15) is 10.4 Å². The molecule has 0 aliphatic carbocycles. The summed E-state index contributed by atoms with van der Waals surface area (Å²) in [6.45, 7) is -0.0206. The highest BCUT2D eigenvalue weighted by atomic mass is 79.9. The Morgan fingerprint density at radius 1 is 0.897 bits per heavy atom. The number of rotatable bonds is 7. The molecule has 7 heteroatoms. The Balaban J connectivity index is 1.70. The summed E-state index contributed by atoms with van der Waals surface area (Å²) in [6.07, 6.45) is 0. The highest BCUT2D eigenvalue weighted by Gasteiger charge is 2.13. The number of anilines is 2. The van der Waals surface area contributed by atoms with Gasteiger partial charge in [0.05, 0.1) is 5.56 Å². The predicted molar refractivity (Wildman–Crippen MR) is 116 cm³/mol. The first-order chi connectivity index (χ1) is 14.0. The van der Waals surface area contributed by atoms with Crippen molar-refractivity contribution in [1.29, 1.82) is 0 Å². The number of halogens is 1. The smallest absolute Gasteiger partial charge is 0.259 e. The lowest BCUT2D eigenvalue weighted by Gasteiger charge is -2.12. The molecule has 0 unspecified atom stereocenters. The van der Waals surface area contributed by atoms with Crippen LogP contribution in [0, 0.1) is 0 Å². The lowest BCUT2D eigenvalue weighted by Crippen LogP contribution is -2.17. The van der Waals surface area contributed by atoms with Crippen molar-refractivity contribution in [2.45, 2.75) is 0 Å². The fourth-order valence-electron chi connectivity index (χ4n) is 2.56. The number of methoxy groups -OCH3 is 1. The van der Waals surface area contributed by atoms with E-state index in [0.717, 1.165) is 4.47 Å². The zero-order valence-electron chi connectivity index (χ0n) is 15.6. The summed E-state index contributed by atoms with van der Waals surface area (Å²) in [5.74, 6) is 0.525. The molecule has 2 amide bonds. The van der Waals surface area contributed by atoms with Crippen molar-refractivity contribution in [2.24, 2.45) is 0 Å². The maximum absolute atomic E-state index is 12.8. The Kier molecular flexibility index (Phi) is 6.99. The van der Waals surface area contributed by atoms with Gasteiger partial charge >= 0.3 is 0 Å². The molecule has 0 bridgehead atoms. The van der Waals surface area contributed by atoms with Gasteiger partial charge in [0.1, 0.15) is 18.1 Å². The molecule has 0 aliphatic rings. The summed E-state index contributed by atoms with van der Waals surface area (Å²) in [6, 6.07) is 21.2. The van der Waals surface area contributed by atoms with Gasteiger partial charge in [0.25, 0.3) is 5.91 Å². The van der Waals surface area contributed by atoms with E-state index < -0.39 is 0 Å². The van der Waals surface area contributed by atoms with Crippen LogP contribution in [0.4, 0.5) is 11.4 Å². The van der Waals surface area contributed by atoms with Crippen molar-refractivity contribution in [3.05, 3.63) is 82.8 Å². The monoisotopic (exact) mass is 454 g/mol. The molecular formula is C22H19BrN2O4. The number of carbonyl (C=O) groups is 2. The first-order valence-electron chi connectivity index (χ1n) is 8.78. The zero-order valence-corrected chi connectivity index (χ0v) is 17.2. The Morgan fingerprint density at radius 2 is 1.59 bits per heavy atom. The third kappa shape index (κ3) is 5.91. The van der Waals surface area contributed by atoms with Crippen LogP contribution in [0.15, 0.2) is 77.3 Å². The van der Waals surface area contributed by atoms with E-state index in [1.54, 1.807) is 42.5 Å². The summed E-state index contributed by atoms with van der Waals surface area (Å²) >= 11 is 3.40. The molecule has 0 fully saturated rings. The van der Waals surface area contributed by atoms with E-state index in [1.165, 1.54) is 7.11 Å². The number of ether oxygens (including phenoxy) is 2. The second-order valence-corrected chi connectivity index (χ2v) is 6.98. The van der Waals surface area contributed by atoms with E-state index in [9.17, 15) is 9.59 Å². The van der Waals surface area contributed by atoms with Crippen molar-refractivity contribution < 1.29 is 19.1 Å². The molecular weight excluding hydrogens is 436 g/mol. The molecule has 0 saturated carbocycles. The van der Waals surface area contributed by atoms with Gasteiger partial charge in [-0.1, -0.05) is 34.1 Å².